The van der Waals surface area contributed by atoms with E-state index >= 15 is 0 Å². The molecular formula is C8H11BrO3. The molecule has 0 N–H and O–H groups in total. The second-order valence-electron chi connectivity index (χ2n) is 3.33. The van der Waals surface area contributed by atoms with Crippen LogP contribution in [-0.4, -0.2) is 11.9 Å². The van der Waals surface area contributed by atoms with Gasteiger partial charge >= 0.3 is 11.9 Å². The maximum atomic E-state index is 11.1. The Labute approximate surface area is 79.9 Å². The molecule has 0 radical (unpaired) electrons. The third kappa shape index (κ3) is 3.67. The van der Waals surface area contributed by atoms with Crippen molar-refractivity contribution < 1.29 is 14.3 Å². The van der Waals surface area contributed by atoms with Crippen LogP contribution in [0.25, 0.3) is 0 Å². The quantitative estimate of drug-likeness (QED) is 0.396. The first-order valence-corrected chi connectivity index (χ1v) is 4.15. The molecule has 0 amide bonds. The van der Waals surface area contributed by atoms with Crippen LogP contribution in [0.2, 0.25) is 0 Å². The second kappa shape index (κ2) is 3.85. The average Bonchev–Trinajstić information content (AvgIpc) is 1.85. The second-order valence-corrected chi connectivity index (χ2v) is 4.29. The molecule has 0 aromatic carbocycles. The normalized spacial score (nSPS) is 10.7. The summed E-state index contributed by atoms with van der Waals surface area (Å²) in [5, 5.41) is 0. The molecule has 0 saturated carbocycles. The highest BCUT2D eigenvalue weighted by molar-refractivity contribution is 9.12. The van der Waals surface area contributed by atoms with Crippen molar-refractivity contribution in [3.8, 4) is 0 Å². The summed E-state index contributed by atoms with van der Waals surface area (Å²) in [4.78, 5) is 21.9. The highest BCUT2D eigenvalue weighted by Crippen LogP contribution is 2.16. The standard InChI is InChI=1S/C8H11BrO3/c1-5(9)6(10)12-7(11)8(2,3)4/h1H2,2-4H3. The van der Waals surface area contributed by atoms with Gasteiger partial charge in [0.05, 0.1) is 9.90 Å². The molecule has 0 unspecified atom stereocenters. The molecule has 4 heteroatoms. The number of hydrogen-bond donors (Lipinski definition) is 0. The van der Waals surface area contributed by atoms with Gasteiger partial charge in [-0.25, -0.2) is 4.79 Å². The largest absolute Gasteiger partial charge is 0.389 e. The minimum absolute atomic E-state index is 0.0418. The van der Waals surface area contributed by atoms with Crippen molar-refractivity contribution in [1.29, 1.82) is 0 Å². The first-order chi connectivity index (χ1) is 5.25. The van der Waals surface area contributed by atoms with Gasteiger partial charge in [0.1, 0.15) is 0 Å². The molecule has 0 saturated heterocycles. The zero-order valence-electron chi connectivity index (χ0n) is 7.31. The first kappa shape index (κ1) is 11.4. The fourth-order valence-electron chi connectivity index (χ4n) is 0.293. The maximum Gasteiger partial charge on any atom is 0.352 e. The van der Waals surface area contributed by atoms with Crippen molar-refractivity contribution in [2.24, 2.45) is 5.41 Å². The molecule has 3 nitrogen and oxygen atoms in total. The molecule has 0 spiro atoms. The molecule has 0 aliphatic heterocycles. The van der Waals surface area contributed by atoms with Gasteiger partial charge in [-0.05, 0) is 36.7 Å². The van der Waals surface area contributed by atoms with Gasteiger partial charge < -0.3 is 4.74 Å². The number of halogens is 1. The molecule has 0 rings (SSSR count). The Morgan fingerprint density at radius 1 is 1.33 bits per heavy atom. The van der Waals surface area contributed by atoms with Gasteiger partial charge in [0.2, 0.25) is 0 Å². The van der Waals surface area contributed by atoms with E-state index in [-0.39, 0.29) is 4.48 Å². The molecule has 0 fully saturated rings. The summed E-state index contributed by atoms with van der Waals surface area (Å²) in [6, 6.07) is 0. The highest BCUT2D eigenvalue weighted by atomic mass is 79.9. The maximum absolute atomic E-state index is 11.1. The highest BCUT2D eigenvalue weighted by Gasteiger charge is 2.25. The van der Waals surface area contributed by atoms with Gasteiger partial charge in [-0.1, -0.05) is 6.58 Å². The summed E-state index contributed by atoms with van der Waals surface area (Å²) in [6.07, 6.45) is 0. The molecular weight excluding hydrogens is 224 g/mol. The lowest BCUT2D eigenvalue weighted by Gasteiger charge is -2.14. The fourth-order valence-corrected chi connectivity index (χ4v) is 0.374. The summed E-state index contributed by atoms with van der Waals surface area (Å²) < 4.78 is 4.49. The van der Waals surface area contributed by atoms with Crippen molar-refractivity contribution in [3.05, 3.63) is 11.1 Å². The SMILES string of the molecule is C=C(Br)C(=O)OC(=O)C(C)(C)C. The van der Waals surface area contributed by atoms with E-state index < -0.39 is 17.4 Å². The van der Waals surface area contributed by atoms with E-state index in [0.29, 0.717) is 0 Å². The summed E-state index contributed by atoms with van der Waals surface area (Å²) in [5.41, 5.74) is -0.669. The van der Waals surface area contributed by atoms with Crippen LogP contribution in [-0.2, 0) is 14.3 Å². The van der Waals surface area contributed by atoms with E-state index in [0.717, 1.165) is 0 Å². The van der Waals surface area contributed by atoms with Crippen LogP contribution in [0, 0.1) is 5.41 Å². The summed E-state index contributed by atoms with van der Waals surface area (Å²) >= 11 is 2.81. The Morgan fingerprint density at radius 2 is 1.75 bits per heavy atom. The third-order valence-electron chi connectivity index (χ3n) is 1.02. The minimum atomic E-state index is -0.741. The zero-order valence-corrected chi connectivity index (χ0v) is 8.90. The van der Waals surface area contributed by atoms with Crippen LogP contribution in [0.3, 0.4) is 0 Å². The van der Waals surface area contributed by atoms with Gasteiger partial charge in [0.25, 0.3) is 0 Å². The molecule has 0 atom stereocenters. The first-order valence-electron chi connectivity index (χ1n) is 3.36. The minimum Gasteiger partial charge on any atom is -0.389 e. The number of hydrogen-bond acceptors (Lipinski definition) is 3. The average molecular weight is 235 g/mol. The molecule has 0 heterocycles. The van der Waals surface area contributed by atoms with E-state index in [4.69, 9.17) is 0 Å². The Kier molecular flexibility index (Phi) is 3.64. The number of carbonyl (C=O) groups excluding carboxylic acids is 2. The summed E-state index contributed by atoms with van der Waals surface area (Å²) in [7, 11) is 0. The van der Waals surface area contributed by atoms with Crippen LogP contribution in [0.1, 0.15) is 20.8 Å². The molecule has 0 aliphatic carbocycles. The Balaban J connectivity index is 4.21. The molecule has 68 valence electrons. The zero-order chi connectivity index (χ0) is 9.94. The van der Waals surface area contributed by atoms with Gasteiger partial charge in [0, 0.05) is 0 Å². The van der Waals surface area contributed by atoms with Crippen molar-refractivity contribution in [2.75, 3.05) is 0 Å². The van der Waals surface area contributed by atoms with Crippen LogP contribution in [0.4, 0.5) is 0 Å². The lowest BCUT2D eigenvalue weighted by Crippen LogP contribution is -2.25. The smallest absolute Gasteiger partial charge is 0.352 e. The number of esters is 2. The molecule has 0 bridgehead atoms. The van der Waals surface area contributed by atoms with E-state index in [9.17, 15) is 9.59 Å². The van der Waals surface area contributed by atoms with Crippen molar-refractivity contribution in [2.45, 2.75) is 20.8 Å². The number of carbonyl (C=O) groups is 2. The number of rotatable bonds is 1. The van der Waals surface area contributed by atoms with Gasteiger partial charge in [0.15, 0.2) is 0 Å². The molecule has 0 aromatic heterocycles. The predicted molar refractivity (Wildman–Crippen MR) is 48.6 cm³/mol. The van der Waals surface area contributed by atoms with E-state index in [1.165, 1.54) is 0 Å². The van der Waals surface area contributed by atoms with Crippen molar-refractivity contribution in [3.63, 3.8) is 0 Å². The summed E-state index contributed by atoms with van der Waals surface area (Å²) in [5.74, 6) is -1.30. The van der Waals surface area contributed by atoms with Gasteiger partial charge in [-0.15, -0.1) is 0 Å². The van der Waals surface area contributed by atoms with E-state index in [1.54, 1.807) is 20.8 Å². The van der Waals surface area contributed by atoms with Crippen LogP contribution in [0.15, 0.2) is 11.1 Å². The van der Waals surface area contributed by atoms with Crippen LogP contribution in [0.5, 0.6) is 0 Å². The summed E-state index contributed by atoms with van der Waals surface area (Å²) in [6.45, 7) is 8.28. The Hall–Kier alpha value is -0.640. The lowest BCUT2D eigenvalue weighted by atomic mass is 9.97. The Bertz CT molecular complexity index is 225. The van der Waals surface area contributed by atoms with Crippen LogP contribution >= 0.6 is 15.9 Å². The number of ether oxygens (including phenoxy) is 1. The molecule has 12 heavy (non-hydrogen) atoms. The van der Waals surface area contributed by atoms with Gasteiger partial charge in [-0.2, -0.15) is 0 Å². The molecule has 0 aliphatic rings. The molecule has 0 aromatic rings. The topological polar surface area (TPSA) is 43.4 Å². The lowest BCUT2D eigenvalue weighted by molar-refractivity contribution is -0.162. The Morgan fingerprint density at radius 3 is 2.00 bits per heavy atom. The predicted octanol–water partition coefficient (Wildman–Crippen LogP) is 2.01. The van der Waals surface area contributed by atoms with Crippen LogP contribution < -0.4 is 0 Å². The van der Waals surface area contributed by atoms with E-state index in [2.05, 4.69) is 27.2 Å². The fraction of sp³-hybridized carbons (Fsp3) is 0.500. The monoisotopic (exact) mass is 234 g/mol. The van der Waals surface area contributed by atoms with Crippen molar-refractivity contribution in [1.82, 2.24) is 0 Å². The third-order valence-corrected chi connectivity index (χ3v) is 1.34. The van der Waals surface area contributed by atoms with Gasteiger partial charge in [-0.3, -0.25) is 4.79 Å². The van der Waals surface area contributed by atoms with Crippen molar-refractivity contribution >= 4 is 27.9 Å². The van der Waals surface area contributed by atoms with E-state index in [1.807, 2.05) is 0 Å².